The summed E-state index contributed by atoms with van der Waals surface area (Å²) in [6.07, 6.45) is 3.36. The molecule has 0 saturated carbocycles. The predicted molar refractivity (Wildman–Crippen MR) is 55.1 cm³/mol. The quantitative estimate of drug-likeness (QED) is 0.827. The molecular formula is C8H13N5S. The van der Waals surface area contributed by atoms with E-state index in [2.05, 4.69) is 29.1 Å². The molecule has 2 heterocycles. The van der Waals surface area contributed by atoms with Crippen molar-refractivity contribution in [2.75, 3.05) is 0 Å². The zero-order valence-electron chi connectivity index (χ0n) is 8.27. The van der Waals surface area contributed by atoms with E-state index in [1.165, 1.54) is 11.3 Å². The maximum absolute atomic E-state index is 6.23. The molecule has 0 aliphatic rings. The molecule has 6 heteroatoms. The molecule has 0 spiro atoms. The second kappa shape index (κ2) is 3.29. The minimum Gasteiger partial charge on any atom is -0.319 e. The van der Waals surface area contributed by atoms with Gasteiger partial charge in [0.15, 0.2) is 0 Å². The molecule has 0 bridgehead atoms. The first-order chi connectivity index (χ1) is 6.69. The van der Waals surface area contributed by atoms with Crippen molar-refractivity contribution in [2.45, 2.75) is 32.2 Å². The van der Waals surface area contributed by atoms with Crippen LogP contribution in [-0.2, 0) is 5.54 Å². The molecule has 0 aromatic carbocycles. The summed E-state index contributed by atoms with van der Waals surface area (Å²) < 4.78 is 1.67. The minimum absolute atomic E-state index is 0.314. The molecule has 2 rings (SSSR count). The van der Waals surface area contributed by atoms with Crippen LogP contribution in [0, 0.1) is 0 Å². The largest absolute Gasteiger partial charge is 0.319 e. The maximum atomic E-state index is 6.23. The zero-order chi connectivity index (χ0) is 10.2. The normalized spacial score (nSPS) is 12.5. The van der Waals surface area contributed by atoms with E-state index < -0.39 is 0 Å². The lowest BCUT2D eigenvalue weighted by Crippen LogP contribution is -2.35. The minimum atomic E-state index is -0.314. The van der Waals surface area contributed by atoms with Gasteiger partial charge < -0.3 is 5.73 Å². The first kappa shape index (κ1) is 9.54. The Labute approximate surface area is 86.0 Å². The summed E-state index contributed by atoms with van der Waals surface area (Å²) in [4.78, 5) is 0.803. The fraction of sp³-hybridized carbons (Fsp3) is 0.625. The van der Waals surface area contributed by atoms with Crippen LogP contribution in [0.15, 0.2) is 6.33 Å². The van der Waals surface area contributed by atoms with Gasteiger partial charge in [-0.25, -0.2) is 0 Å². The van der Waals surface area contributed by atoms with E-state index in [4.69, 9.17) is 5.73 Å². The smallest absolute Gasteiger partial charge is 0.234 e. The molecule has 0 amide bonds. The highest BCUT2D eigenvalue weighted by molar-refractivity contribution is 7.16. The Morgan fingerprint density at radius 1 is 1.50 bits per heavy atom. The fourth-order valence-electron chi connectivity index (χ4n) is 1.31. The molecular weight excluding hydrogens is 198 g/mol. The average molecular weight is 211 g/mol. The van der Waals surface area contributed by atoms with E-state index in [1.807, 2.05) is 0 Å². The summed E-state index contributed by atoms with van der Waals surface area (Å²) in [5.74, 6) is 0. The van der Waals surface area contributed by atoms with Crippen molar-refractivity contribution in [3.8, 4) is 0 Å². The van der Waals surface area contributed by atoms with Crippen LogP contribution in [0.25, 0.3) is 4.96 Å². The summed E-state index contributed by atoms with van der Waals surface area (Å²) in [6, 6.07) is 0. The summed E-state index contributed by atoms with van der Waals surface area (Å²) in [7, 11) is 0. The lowest BCUT2D eigenvalue weighted by Gasteiger charge is -2.22. The number of aromatic nitrogens is 4. The number of nitrogens with zero attached hydrogens (tertiary/aromatic N) is 4. The van der Waals surface area contributed by atoms with Crippen LogP contribution in [0.2, 0.25) is 0 Å². The molecule has 5 nitrogen and oxygen atoms in total. The van der Waals surface area contributed by atoms with Gasteiger partial charge in [-0.15, -0.1) is 10.2 Å². The number of hydrogen-bond acceptors (Lipinski definition) is 5. The molecule has 0 atom stereocenters. The van der Waals surface area contributed by atoms with Crippen molar-refractivity contribution in [1.82, 2.24) is 19.8 Å². The van der Waals surface area contributed by atoms with Gasteiger partial charge in [0, 0.05) is 0 Å². The standard InChI is InChI=1S/C8H13N5S/c1-3-8(9,4-2)6-12-13-5-10-11-7(13)14-6/h5H,3-4,9H2,1-2H3. The third-order valence-electron chi connectivity index (χ3n) is 2.57. The molecule has 0 radical (unpaired) electrons. The Kier molecular flexibility index (Phi) is 2.24. The van der Waals surface area contributed by atoms with E-state index in [-0.39, 0.29) is 5.54 Å². The Balaban J connectivity index is 2.47. The maximum Gasteiger partial charge on any atom is 0.234 e. The van der Waals surface area contributed by atoms with Crippen molar-refractivity contribution >= 4 is 16.3 Å². The topological polar surface area (TPSA) is 69.1 Å². The van der Waals surface area contributed by atoms with Crippen LogP contribution in [0.4, 0.5) is 0 Å². The van der Waals surface area contributed by atoms with E-state index >= 15 is 0 Å². The second-order valence-corrected chi connectivity index (χ2v) is 4.28. The van der Waals surface area contributed by atoms with Crippen molar-refractivity contribution in [3.63, 3.8) is 0 Å². The van der Waals surface area contributed by atoms with Gasteiger partial charge >= 0.3 is 0 Å². The number of nitrogens with two attached hydrogens (primary N) is 1. The Hall–Kier alpha value is -1.01. The van der Waals surface area contributed by atoms with Crippen molar-refractivity contribution < 1.29 is 0 Å². The molecule has 76 valence electrons. The lowest BCUT2D eigenvalue weighted by molar-refractivity contribution is 0.406. The zero-order valence-corrected chi connectivity index (χ0v) is 9.08. The summed E-state index contributed by atoms with van der Waals surface area (Å²) >= 11 is 1.51. The van der Waals surface area contributed by atoms with Gasteiger partial charge in [0.05, 0.1) is 5.54 Å². The van der Waals surface area contributed by atoms with Crippen LogP contribution in [0.3, 0.4) is 0 Å². The summed E-state index contributed by atoms with van der Waals surface area (Å²) in [5.41, 5.74) is 5.91. The third kappa shape index (κ3) is 1.31. The van der Waals surface area contributed by atoms with Crippen LogP contribution in [0.5, 0.6) is 0 Å². The third-order valence-corrected chi connectivity index (χ3v) is 3.71. The van der Waals surface area contributed by atoms with Gasteiger partial charge in [0.25, 0.3) is 0 Å². The number of rotatable bonds is 3. The van der Waals surface area contributed by atoms with Gasteiger partial charge in [-0.2, -0.15) is 9.61 Å². The van der Waals surface area contributed by atoms with Gasteiger partial charge in [-0.3, -0.25) is 0 Å². The molecule has 2 aromatic heterocycles. The van der Waals surface area contributed by atoms with Crippen LogP contribution < -0.4 is 5.73 Å². The molecule has 0 unspecified atom stereocenters. The first-order valence-corrected chi connectivity index (χ1v) is 5.47. The molecule has 0 aliphatic carbocycles. The van der Waals surface area contributed by atoms with Crippen molar-refractivity contribution in [2.24, 2.45) is 5.73 Å². The Morgan fingerprint density at radius 3 is 2.79 bits per heavy atom. The average Bonchev–Trinajstić information content (AvgIpc) is 2.76. The van der Waals surface area contributed by atoms with Crippen LogP contribution in [-0.4, -0.2) is 19.8 Å². The Bertz CT molecular complexity index is 399. The molecule has 0 fully saturated rings. The predicted octanol–water partition coefficient (Wildman–Crippen LogP) is 1.16. The first-order valence-electron chi connectivity index (χ1n) is 4.66. The molecule has 0 aliphatic heterocycles. The summed E-state index contributed by atoms with van der Waals surface area (Å²) in [6.45, 7) is 4.15. The van der Waals surface area contributed by atoms with Gasteiger partial charge in [0.1, 0.15) is 11.3 Å². The number of fused-ring (bicyclic) bond motifs is 1. The Morgan fingerprint density at radius 2 is 2.21 bits per heavy atom. The van der Waals surface area contributed by atoms with Crippen molar-refractivity contribution in [1.29, 1.82) is 0 Å². The van der Waals surface area contributed by atoms with E-state index in [0.29, 0.717) is 0 Å². The molecule has 0 saturated heterocycles. The highest BCUT2D eigenvalue weighted by Gasteiger charge is 2.27. The van der Waals surface area contributed by atoms with Gasteiger partial charge in [-0.1, -0.05) is 25.2 Å². The summed E-state index contributed by atoms with van der Waals surface area (Å²) in [5, 5.41) is 13.0. The van der Waals surface area contributed by atoms with Gasteiger partial charge in [-0.05, 0) is 12.8 Å². The number of hydrogen-bond donors (Lipinski definition) is 1. The highest BCUT2D eigenvalue weighted by atomic mass is 32.1. The van der Waals surface area contributed by atoms with Crippen LogP contribution >= 0.6 is 11.3 Å². The van der Waals surface area contributed by atoms with Crippen molar-refractivity contribution in [3.05, 3.63) is 11.3 Å². The monoisotopic (exact) mass is 211 g/mol. The molecule has 2 N–H and O–H groups in total. The molecule has 14 heavy (non-hydrogen) atoms. The molecule has 2 aromatic rings. The van der Waals surface area contributed by atoms with E-state index in [9.17, 15) is 0 Å². The highest BCUT2D eigenvalue weighted by Crippen LogP contribution is 2.28. The van der Waals surface area contributed by atoms with E-state index in [0.717, 1.165) is 22.8 Å². The fourth-order valence-corrected chi connectivity index (χ4v) is 2.38. The van der Waals surface area contributed by atoms with E-state index in [1.54, 1.807) is 10.8 Å². The second-order valence-electron chi connectivity index (χ2n) is 3.33. The van der Waals surface area contributed by atoms with Gasteiger partial charge in [0.2, 0.25) is 4.96 Å². The van der Waals surface area contributed by atoms with Crippen LogP contribution in [0.1, 0.15) is 31.7 Å². The SMILES string of the molecule is CCC(N)(CC)c1nn2cnnc2s1. The lowest BCUT2D eigenvalue weighted by atomic mass is 9.95.